The number of carbonyl (C=O) groups excluding carboxylic acids is 1. The average molecular weight is 250 g/mol. The lowest BCUT2D eigenvalue weighted by Crippen LogP contribution is -2.40. The number of anilines is 1. The maximum atomic E-state index is 12.1. The lowest BCUT2D eigenvalue weighted by atomic mass is 10.1. The van der Waals surface area contributed by atoms with Crippen LogP contribution >= 0.6 is 0 Å². The molecule has 5 nitrogen and oxygen atoms in total. The van der Waals surface area contributed by atoms with E-state index in [-0.39, 0.29) is 11.8 Å². The third kappa shape index (κ3) is 2.72. The summed E-state index contributed by atoms with van der Waals surface area (Å²) in [4.78, 5) is 17.7. The van der Waals surface area contributed by atoms with Crippen LogP contribution in [-0.4, -0.2) is 28.3 Å². The molecule has 0 unspecified atom stereocenters. The smallest absolute Gasteiger partial charge is 0.416 e. The number of aryl methyl sites for hydroxylation is 1. The Kier molecular flexibility index (Phi) is 3.15. The molecule has 0 radical (unpaired) electrons. The molecule has 0 saturated carbocycles. The molecule has 18 heavy (non-hydrogen) atoms. The number of rotatable bonds is 0. The molecule has 0 spiro atoms. The van der Waals surface area contributed by atoms with E-state index in [1.54, 1.807) is 6.07 Å². The minimum atomic E-state index is -0.522. The summed E-state index contributed by atoms with van der Waals surface area (Å²) in [6, 6.07) is 1.65. The molecule has 2 heterocycles. The van der Waals surface area contributed by atoms with Gasteiger partial charge in [-0.25, -0.2) is 9.78 Å². The van der Waals surface area contributed by atoms with Gasteiger partial charge >= 0.3 is 6.09 Å². The Hall–Kier alpha value is -1.78. The molecule has 1 N–H and O–H groups in total. The molecule has 0 aliphatic carbocycles. The van der Waals surface area contributed by atoms with Crippen molar-refractivity contribution in [3.05, 3.63) is 17.8 Å². The van der Waals surface area contributed by atoms with Crippen molar-refractivity contribution in [1.82, 2.24) is 4.98 Å². The molecular weight excluding hydrogens is 232 g/mol. The number of ether oxygens (including phenoxy) is 1. The van der Waals surface area contributed by atoms with E-state index in [4.69, 9.17) is 4.74 Å². The quantitative estimate of drug-likeness (QED) is 0.768. The van der Waals surface area contributed by atoms with Gasteiger partial charge in [0.2, 0.25) is 0 Å². The Balaban J connectivity index is 2.25. The van der Waals surface area contributed by atoms with Gasteiger partial charge < -0.3 is 9.84 Å². The number of hydrogen-bond donors (Lipinski definition) is 1. The first kappa shape index (κ1) is 12.7. The van der Waals surface area contributed by atoms with Crippen LogP contribution < -0.4 is 4.90 Å². The number of hydrogen-bond acceptors (Lipinski definition) is 4. The Morgan fingerprint density at radius 2 is 2.22 bits per heavy atom. The van der Waals surface area contributed by atoms with E-state index in [0.29, 0.717) is 12.4 Å². The van der Waals surface area contributed by atoms with Crippen molar-refractivity contribution in [1.29, 1.82) is 0 Å². The minimum absolute atomic E-state index is 0.125. The average Bonchev–Trinajstić information content (AvgIpc) is 2.25. The van der Waals surface area contributed by atoms with Gasteiger partial charge in [0.25, 0.3) is 0 Å². The zero-order valence-corrected chi connectivity index (χ0v) is 10.9. The van der Waals surface area contributed by atoms with E-state index < -0.39 is 5.60 Å². The lowest BCUT2D eigenvalue weighted by Gasteiger charge is -2.30. The number of fused-ring (bicyclic) bond motifs is 1. The van der Waals surface area contributed by atoms with Crippen LogP contribution in [0.2, 0.25) is 0 Å². The van der Waals surface area contributed by atoms with E-state index in [1.807, 2.05) is 20.8 Å². The molecule has 1 aromatic heterocycles. The summed E-state index contributed by atoms with van der Waals surface area (Å²) in [6.07, 6.45) is 2.62. The summed E-state index contributed by atoms with van der Waals surface area (Å²) in [5.41, 5.74) is 0.359. The van der Waals surface area contributed by atoms with Crippen LogP contribution in [0.25, 0.3) is 0 Å². The van der Waals surface area contributed by atoms with Crippen molar-refractivity contribution in [3.8, 4) is 5.75 Å². The molecule has 1 aromatic rings. The molecule has 98 valence electrons. The Bertz CT molecular complexity index is 466. The molecule has 0 fully saturated rings. The van der Waals surface area contributed by atoms with Gasteiger partial charge in [0.15, 0.2) is 0 Å². The first-order valence-corrected chi connectivity index (χ1v) is 6.05. The second-order valence-electron chi connectivity index (χ2n) is 5.41. The van der Waals surface area contributed by atoms with Gasteiger partial charge in [-0.3, -0.25) is 4.90 Å². The molecule has 5 heteroatoms. The molecule has 0 atom stereocenters. The number of nitrogens with zero attached hydrogens (tertiary/aromatic N) is 2. The predicted molar refractivity (Wildman–Crippen MR) is 67.8 cm³/mol. The number of pyridine rings is 1. The zero-order valence-electron chi connectivity index (χ0n) is 10.9. The van der Waals surface area contributed by atoms with Crippen molar-refractivity contribution in [2.75, 3.05) is 11.4 Å². The maximum absolute atomic E-state index is 12.1. The molecule has 2 rings (SSSR count). The first-order valence-electron chi connectivity index (χ1n) is 6.05. The van der Waals surface area contributed by atoms with Gasteiger partial charge in [0, 0.05) is 6.54 Å². The number of aromatic hydroxyl groups is 1. The highest BCUT2D eigenvalue weighted by molar-refractivity contribution is 5.88. The second kappa shape index (κ2) is 4.48. The van der Waals surface area contributed by atoms with Crippen molar-refractivity contribution in [2.24, 2.45) is 0 Å². The van der Waals surface area contributed by atoms with Gasteiger partial charge in [-0.15, -0.1) is 0 Å². The minimum Gasteiger partial charge on any atom is -0.506 e. The highest BCUT2D eigenvalue weighted by Crippen LogP contribution is 2.28. The van der Waals surface area contributed by atoms with Crippen LogP contribution in [0, 0.1) is 0 Å². The summed E-state index contributed by atoms with van der Waals surface area (Å²) in [5, 5.41) is 9.40. The molecule has 1 aliphatic heterocycles. The third-order valence-corrected chi connectivity index (χ3v) is 2.63. The van der Waals surface area contributed by atoms with Crippen molar-refractivity contribution >= 4 is 11.9 Å². The predicted octanol–water partition coefficient (Wildman–Crippen LogP) is 2.47. The van der Waals surface area contributed by atoms with E-state index in [0.717, 1.165) is 18.4 Å². The maximum Gasteiger partial charge on any atom is 0.416 e. The van der Waals surface area contributed by atoms with Crippen LogP contribution in [-0.2, 0) is 11.2 Å². The first-order chi connectivity index (χ1) is 8.37. The van der Waals surface area contributed by atoms with Gasteiger partial charge in [-0.05, 0) is 45.2 Å². The van der Waals surface area contributed by atoms with Gasteiger partial charge in [-0.2, -0.15) is 0 Å². The largest absolute Gasteiger partial charge is 0.506 e. The van der Waals surface area contributed by atoms with Crippen LogP contribution in [0.5, 0.6) is 5.75 Å². The molecule has 1 amide bonds. The Morgan fingerprint density at radius 1 is 1.50 bits per heavy atom. The fourth-order valence-corrected chi connectivity index (χ4v) is 1.95. The van der Waals surface area contributed by atoms with Crippen LogP contribution in [0.4, 0.5) is 10.6 Å². The highest BCUT2D eigenvalue weighted by Gasteiger charge is 2.28. The summed E-state index contributed by atoms with van der Waals surface area (Å²) in [7, 11) is 0. The Morgan fingerprint density at radius 3 is 2.89 bits per heavy atom. The number of amides is 1. The highest BCUT2D eigenvalue weighted by atomic mass is 16.6. The lowest BCUT2D eigenvalue weighted by molar-refractivity contribution is 0.0576. The summed E-state index contributed by atoms with van der Waals surface area (Å²) >= 11 is 0. The van der Waals surface area contributed by atoms with Gasteiger partial charge in [0.05, 0.1) is 6.20 Å². The van der Waals surface area contributed by atoms with Crippen LogP contribution in [0.15, 0.2) is 12.3 Å². The number of aromatic nitrogens is 1. The SMILES string of the molecule is CC(C)(C)OC(=O)N1CCCc2cc(O)cnc21. The second-order valence-corrected chi connectivity index (χ2v) is 5.41. The van der Waals surface area contributed by atoms with E-state index in [2.05, 4.69) is 4.98 Å². The van der Waals surface area contributed by atoms with E-state index in [9.17, 15) is 9.90 Å². The summed E-state index contributed by atoms with van der Waals surface area (Å²) < 4.78 is 5.35. The monoisotopic (exact) mass is 250 g/mol. The third-order valence-electron chi connectivity index (χ3n) is 2.63. The van der Waals surface area contributed by atoms with E-state index in [1.165, 1.54) is 11.1 Å². The van der Waals surface area contributed by atoms with E-state index >= 15 is 0 Å². The zero-order chi connectivity index (χ0) is 13.3. The fraction of sp³-hybridized carbons (Fsp3) is 0.538. The number of carbonyl (C=O) groups is 1. The van der Waals surface area contributed by atoms with Gasteiger partial charge in [-0.1, -0.05) is 0 Å². The fourth-order valence-electron chi connectivity index (χ4n) is 1.95. The topological polar surface area (TPSA) is 62.7 Å². The van der Waals surface area contributed by atoms with Crippen molar-refractivity contribution < 1.29 is 14.6 Å². The van der Waals surface area contributed by atoms with Crippen LogP contribution in [0.3, 0.4) is 0 Å². The normalized spacial score (nSPS) is 15.2. The van der Waals surface area contributed by atoms with Crippen molar-refractivity contribution in [2.45, 2.75) is 39.2 Å². The molecule has 0 saturated heterocycles. The molecular formula is C13H18N2O3. The van der Waals surface area contributed by atoms with Crippen molar-refractivity contribution in [3.63, 3.8) is 0 Å². The standard InChI is InChI=1S/C13H18N2O3/c1-13(2,3)18-12(17)15-6-4-5-9-7-10(16)8-14-11(9)15/h7-8,16H,4-6H2,1-3H3. The molecule has 0 aromatic carbocycles. The van der Waals surface area contributed by atoms with Gasteiger partial charge in [0.1, 0.15) is 17.2 Å². The summed E-state index contributed by atoms with van der Waals surface area (Å²) in [5.74, 6) is 0.716. The Labute approximate surface area is 106 Å². The molecule has 1 aliphatic rings. The summed E-state index contributed by atoms with van der Waals surface area (Å²) in [6.45, 7) is 6.10. The molecule has 0 bridgehead atoms. The van der Waals surface area contributed by atoms with Crippen LogP contribution in [0.1, 0.15) is 32.8 Å².